The molecule has 0 aromatic heterocycles. The summed E-state index contributed by atoms with van der Waals surface area (Å²) in [5.74, 6) is 0.340. The van der Waals surface area contributed by atoms with Gasteiger partial charge < -0.3 is 10.1 Å². The Bertz CT molecular complexity index is 482. The number of hydrogen-bond acceptors (Lipinski definition) is 3. The van der Waals surface area contributed by atoms with Gasteiger partial charge in [0.1, 0.15) is 11.3 Å². The van der Waals surface area contributed by atoms with Crippen LogP contribution in [-0.4, -0.2) is 19.0 Å². The summed E-state index contributed by atoms with van der Waals surface area (Å²) < 4.78 is 5.09. The third-order valence-corrected chi connectivity index (χ3v) is 3.31. The highest BCUT2D eigenvalue weighted by atomic mass is 16.5. The number of rotatable bonds is 3. The number of benzene rings is 1. The number of nitrogens with one attached hydrogen (secondary N) is 2. The third-order valence-electron chi connectivity index (χ3n) is 3.31. The molecule has 1 heterocycles. The van der Waals surface area contributed by atoms with Crippen molar-refractivity contribution in [2.24, 2.45) is 5.92 Å². The Morgan fingerprint density at radius 3 is 2.17 bits per heavy atom. The fourth-order valence-electron chi connectivity index (χ4n) is 2.27. The van der Waals surface area contributed by atoms with Gasteiger partial charge in [0.2, 0.25) is 0 Å². The SMILES string of the molecule is COc1ccc([C@@]2(C(C)C)NC(=O)NC2=O)cc1. The van der Waals surface area contributed by atoms with Crippen LogP contribution in [0.2, 0.25) is 0 Å². The van der Waals surface area contributed by atoms with E-state index >= 15 is 0 Å². The molecule has 0 unspecified atom stereocenters. The number of imide groups is 1. The number of urea groups is 1. The fourth-order valence-corrected chi connectivity index (χ4v) is 2.27. The Labute approximate surface area is 106 Å². The predicted molar refractivity (Wildman–Crippen MR) is 66.2 cm³/mol. The summed E-state index contributed by atoms with van der Waals surface area (Å²) in [7, 11) is 1.58. The van der Waals surface area contributed by atoms with Gasteiger partial charge in [-0.1, -0.05) is 26.0 Å². The van der Waals surface area contributed by atoms with Crippen LogP contribution in [0.15, 0.2) is 24.3 Å². The van der Waals surface area contributed by atoms with E-state index in [9.17, 15) is 9.59 Å². The molecular weight excluding hydrogens is 232 g/mol. The van der Waals surface area contributed by atoms with Crippen molar-refractivity contribution in [2.45, 2.75) is 19.4 Å². The van der Waals surface area contributed by atoms with E-state index < -0.39 is 11.6 Å². The zero-order valence-corrected chi connectivity index (χ0v) is 10.6. The van der Waals surface area contributed by atoms with Crippen molar-refractivity contribution in [1.29, 1.82) is 0 Å². The number of carbonyl (C=O) groups excluding carboxylic acids is 2. The Morgan fingerprint density at radius 1 is 1.17 bits per heavy atom. The second kappa shape index (κ2) is 4.33. The minimum atomic E-state index is -0.997. The summed E-state index contributed by atoms with van der Waals surface area (Å²) in [6, 6.07) is 6.69. The second-order valence-electron chi connectivity index (χ2n) is 4.60. The molecule has 1 saturated heterocycles. The van der Waals surface area contributed by atoms with E-state index in [-0.39, 0.29) is 11.8 Å². The first-order chi connectivity index (χ1) is 8.50. The molecule has 5 heteroatoms. The normalized spacial score (nSPS) is 22.9. The van der Waals surface area contributed by atoms with Gasteiger partial charge in [-0.05, 0) is 23.6 Å². The molecule has 1 aromatic carbocycles. The lowest BCUT2D eigenvalue weighted by atomic mass is 9.80. The Morgan fingerprint density at radius 2 is 1.78 bits per heavy atom. The zero-order chi connectivity index (χ0) is 13.3. The molecule has 1 aromatic rings. The Kier molecular flexibility index (Phi) is 2.98. The molecule has 0 aliphatic carbocycles. The first-order valence-electron chi connectivity index (χ1n) is 5.79. The highest BCUT2D eigenvalue weighted by Gasteiger charge is 2.49. The molecule has 18 heavy (non-hydrogen) atoms. The summed E-state index contributed by atoms with van der Waals surface area (Å²) in [5, 5.41) is 5.03. The van der Waals surface area contributed by atoms with Gasteiger partial charge in [0.25, 0.3) is 5.91 Å². The molecule has 5 nitrogen and oxygen atoms in total. The lowest BCUT2D eigenvalue weighted by Gasteiger charge is -2.30. The van der Waals surface area contributed by atoms with Crippen LogP contribution >= 0.6 is 0 Å². The van der Waals surface area contributed by atoms with Gasteiger partial charge in [0.15, 0.2) is 0 Å². The number of ether oxygens (including phenoxy) is 1. The molecule has 0 radical (unpaired) electrons. The van der Waals surface area contributed by atoms with E-state index in [1.54, 1.807) is 31.4 Å². The van der Waals surface area contributed by atoms with Crippen LogP contribution in [0.25, 0.3) is 0 Å². The topological polar surface area (TPSA) is 67.4 Å². The minimum absolute atomic E-state index is 0.0580. The molecule has 0 saturated carbocycles. The van der Waals surface area contributed by atoms with Crippen molar-refractivity contribution >= 4 is 11.9 Å². The highest BCUT2D eigenvalue weighted by Crippen LogP contribution is 2.33. The maximum Gasteiger partial charge on any atom is 0.322 e. The van der Waals surface area contributed by atoms with Crippen LogP contribution in [0.5, 0.6) is 5.75 Å². The number of carbonyl (C=O) groups is 2. The molecule has 1 atom stereocenters. The van der Waals surface area contributed by atoms with Gasteiger partial charge in [-0.2, -0.15) is 0 Å². The van der Waals surface area contributed by atoms with Crippen molar-refractivity contribution < 1.29 is 14.3 Å². The molecule has 1 aliphatic rings. The predicted octanol–water partition coefficient (Wildman–Crippen LogP) is 1.39. The summed E-state index contributed by atoms with van der Waals surface area (Å²) in [6.07, 6.45) is 0. The molecule has 0 bridgehead atoms. The Hall–Kier alpha value is -2.04. The van der Waals surface area contributed by atoms with Gasteiger partial charge in [-0.25, -0.2) is 4.79 Å². The van der Waals surface area contributed by atoms with Crippen molar-refractivity contribution in [3.8, 4) is 5.75 Å². The summed E-state index contributed by atoms with van der Waals surface area (Å²) in [6.45, 7) is 3.80. The average molecular weight is 248 g/mol. The van der Waals surface area contributed by atoms with Gasteiger partial charge >= 0.3 is 6.03 Å². The first-order valence-corrected chi connectivity index (χ1v) is 5.79. The smallest absolute Gasteiger partial charge is 0.322 e. The largest absolute Gasteiger partial charge is 0.497 e. The van der Waals surface area contributed by atoms with Gasteiger partial charge in [-0.15, -0.1) is 0 Å². The van der Waals surface area contributed by atoms with Gasteiger partial charge in [0, 0.05) is 0 Å². The Balaban J connectivity index is 2.47. The quantitative estimate of drug-likeness (QED) is 0.794. The van der Waals surface area contributed by atoms with Crippen LogP contribution in [0, 0.1) is 5.92 Å². The van der Waals surface area contributed by atoms with Crippen LogP contribution < -0.4 is 15.4 Å². The van der Waals surface area contributed by atoms with Crippen molar-refractivity contribution in [2.75, 3.05) is 7.11 Å². The molecule has 2 rings (SSSR count). The molecule has 1 aliphatic heterocycles. The van der Waals surface area contributed by atoms with Crippen LogP contribution in [-0.2, 0) is 10.3 Å². The van der Waals surface area contributed by atoms with Crippen molar-refractivity contribution in [3.63, 3.8) is 0 Å². The maximum absolute atomic E-state index is 12.1. The highest BCUT2D eigenvalue weighted by molar-refractivity contribution is 6.07. The maximum atomic E-state index is 12.1. The van der Waals surface area contributed by atoms with E-state index in [1.165, 1.54) is 0 Å². The van der Waals surface area contributed by atoms with E-state index in [1.807, 2.05) is 13.8 Å². The van der Waals surface area contributed by atoms with Gasteiger partial charge in [0.05, 0.1) is 7.11 Å². The number of hydrogen-bond donors (Lipinski definition) is 2. The molecule has 96 valence electrons. The summed E-state index contributed by atoms with van der Waals surface area (Å²) in [5.41, 5.74) is -0.245. The number of amides is 3. The molecule has 3 amide bonds. The van der Waals surface area contributed by atoms with E-state index in [0.29, 0.717) is 5.75 Å². The molecule has 0 spiro atoms. The molecule has 2 N–H and O–H groups in total. The average Bonchev–Trinajstić information content (AvgIpc) is 2.65. The lowest BCUT2D eigenvalue weighted by molar-refractivity contribution is -0.125. The fraction of sp³-hybridized carbons (Fsp3) is 0.385. The third kappa shape index (κ3) is 1.72. The lowest BCUT2D eigenvalue weighted by Crippen LogP contribution is -2.48. The van der Waals surface area contributed by atoms with Crippen LogP contribution in [0.3, 0.4) is 0 Å². The molecule has 1 fully saturated rings. The van der Waals surface area contributed by atoms with E-state index in [2.05, 4.69) is 10.6 Å². The standard InChI is InChI=1S/C13H16N2O3/c1-8(2)13(11(16)14-12(17)15-13)9-4-6-10(18-3)7-5-9/h4-8H,1-3H3,(H2,14,15,16,17)/t13-/m1/s1. The van der Waals surface area contributed by atoms with Crippen molar-refractivity contribution in [3.05, 3.63) is 29.8 Å². The number of methoxy groups -OCH3 is 1. The summed E-state index contributed by atoms with van der Waals surface area (Å²) in [4.78, 5) is 23.5. The minimum Gasteiger partial charge on any atom is -0.497 e. The van der Waals surface area contributed by atoms with E-state index in [0.717, 1.165) is 5.56 Å². The van der Waals surface area contributed by atoms with Crippen molar-refractivity contribution in [1.82, 2.24) is 10.6 Å². The van der Waals surface area contributed by atoms with Gasteiger partial charge in [-0.3, -0.25) is 10.1 Å². The molecular formula is C13H16N2O3. The first kappa shape index (κ1) is 12.4. The van der Waals surface area contributed by atoms with Crippen LogP contribution in [0.4, 0.5) is 4.79 Å². The zero-order valence-electron chi connectivity index (χ0n) is 10.6. The monoisotopic (exact) mass is 248 g/mol. The van der Waals surface area contributed by atoms with E-state index in [4.69, 9.17) is 4.74 Å². The van der Waals surface area contributed by atoms with Crippen LogP contribution in [0.1, 0.15) is 19.4 Å². The summed E-state index contributed by atoms with van der Waals surface area (Å²) >= 11 is 0. The second-order valence-corrected chi connectivity index (χ2v) is 4.60.